The Morgan fingerprint density at radius 2 is 2.09 bits per heavy atom. The number of amides is 1. The van der Waals surface area contributed by atoms with Crippen LogP contribution in [0.25, 0.3) is 0 Å². The van der Waals surface area contributed by atoms with Crippen LogP contribution in [-0.2, 0) is 11.3 Å². The molecule has 0 atom stereocenters. The molecule has 0 saturated carbocycles. The van der Waals surface area contributed by atoms with Crippen molar-refractivity contribution in [3.8, 4) is 18.1 Å². The second-order valence-electron chi connectivity index (χ2n) is 5.47. The number of terminal acetylenes is 1. The molecule has 0 unspecified atom stereocenters. The van der Waals surface area contributed by atoms with E-state index in [1.165, 1.54) is 0 Å². The van der Waals surface area contributed by atoms with Gasteiger partial charge in [-0.3, -0.25) is 4.79 Å². The fourth-order valence-electron chi connectivity index (χ4n) is 2.62. The van der Waals surface area contributed by atoms with Crippen LogP contribution in [-0.4, -0.2) is 37.0 Å². The number of hydrogen-bond donors (Lipinski definition) is 1. The normalized spacial score (nSPS) is 14.6. The van der Waals surface area contributed by atoms with Gasteiger partial charge in [0.15, 0.2) is 0 Å². The van der Waals surface area contributed by atoms with Gasteiger partial charge in [-0.2, -0.15) is 0 Å². The second kappa shape index (κ2) is 10.9. The largest absolute Gasteiger partial charge is 0.481 e. The lowest BCUT2D eigenvalue weighted by Gasteiger charge is -2.20. The summed E-state index contributed by atoms with van der Waals surface area (Å²) in [5.74, 6) is 3.58. The lowest BCUT2D eigenvalue weighted by atomic mass is 10.2. The molecule has 2 rings (SSSR count). The number of nitrogens with one attached hydrogen (secondary N) is 1. The van der Waals surface area contributed by atoms with E-state index in [1.54, 1.807) is 0 Å². The van der Waals surface area contributed by atoms with E-state index in [9.17, 15) is 4.79 Å². The third kappa shape index (κ3) is 6.52. The van der Waals surface area contributed by atoms with Gasteiger partial charge in [0.2, 0.25) is 5.91 Å². The molecule has 1 aromatic rings. The minimum atomic E-state index is 0. The Morgan fingerprint density at radius 1 is 1.26 bits per heavy atom. The molecule has 1 aliphatic rings. The van der Waals surface area contributed by atoms with Crippen LogP contribution >= 0.6 is 12.4 Å². The highest BCUT2D eigenvalue weighted by Gasteiger charge is 2.15. The molecule has 0 aliphatic carbocycles. The first-order chi connectivity index (χ1) is 10.8. The number of para-hydroxylation sites is 1. The van der Waals surface area contributed by atoms with E-state index in [4.69, 9.17) is 11.2 Å². The van der Waals surface area contributed by atoms with E-state index in [2.05, 4.69) is 11.2 Å². The van der Waals surface area contributed by atoms with Gasteiger partial charge in [-0.1, -0.05) is 30.5 Å². The maximum Gasteiger partial charge on any atom is 0.222 e. The average molecular weight is 337 g/mol. The number of benzene rings is 1. The van der Waals surface area contributed by atoms with Gasteiger partial charge in [-0.15, -0.1) is 18.8 Å². The third-order valence-electron chi connectivity index (χ3n) is 3.83. The van der Waals surface area contributed by atoms with Gasteiger partial charge in [0, 0.05) is 38.2 Å². The Morgan fingerprint density at radius 3 is 2.91 bits per heavy atom. The maximum absolute atomic E-state index is 11.9. The molecule has 0 spiro atoms. The van der Waals surface area contributed by atoms with Crippen molar-refractivity contribution in [3.05, 3.63) is 29.8 Å². The van der Waals surface area contributed by atoms with Gasteiger partial charge in [0.25, 0.3) is 0 Å². The summed E-state index contributed by atoms with van der Waals surface area (Å²) >= 11 is 0. The van der Waals surface area contributed by atoms with E-state index in [1.807, 2.05) is 29.2 Å². The van der Waals surface area contributed by atoms with Crippen molar-refractivity contribution in [2.45, 2.75) is 32.2 Å². The highest BCUT2D eigenvalue weighted by Crippen LogP contribution is 2.17. The van der Waals surface area contributed by atoms with E-state index >= 15 is 0 Å². The van der Waals surface area contributed by atoms with E-state index in [0.717, 1.165) is 50.2 Å². The van der Waals surface area contributed by atoms with Crippen LogP contribution in [0.5, 0.6) is 5.75 Å². The number of nitrogens with zero attached hydrogens (tertiary/aromatic N) is 1. The first kappa shape index (κ1) is 19.3. The molecule has 1 N–H and O–H groups in total. The average Bonchev–Trinajstić information content (AvgIpc) is 2.75. The lowest BCUT2D eigenvalue weighted by molar-refractivity contribution is -0.130. The first-order valence-electron chi connectivity index (χ1n) is 7.94. The molecule has 0 radical (unpaired) electrons. The fraction of sp³-hybridized carbons (Fsp3) is 0.500. The molecule has 1 amide bonds. The number of likely N-dealkylation sites (tertiary alicyclic amines) is 1. The summed E-state index contributed by atoms with van der Waals surface area (Å²) in [6, 6.07) is 7.87. The highest BCUT2D eigenvalue weighted by atomic mass is 35.5. The Balaban J connectivity index is 0.00000264. The number of halogens is 1. The van der Waals surface area contributed by atoms with Crippen LogP contribution in [0.1, 0.15) is 31.2 Å². The van der Waals surface area contributed by atoms with Gasteiger partial charge < -0.3 is 15.0 Å². The predicted octanol–water partition coefficient (Wildman–Crippen LogP) is 2.61. The Kier molecular flexibility index (Phi) is 9.20. The molecule has 1 heterocycles. The van der Waals surface area contributed by atoms with Crippen LogP contribution in [0.4, 0.5) is 0 Å². The summed E-state index contributed by atoms with van der Waals surface area (Å²) in [6.45, 7) is 3.44. The smallest absolute Gasteiger partial charge is 0.222 e. The Labute approximate surface area is 145 Å². The third-order valence-corrected chi connectivity index (χ3v) is 3.83. The number of carbonyl (C=O) groups excluding carboxylic acids is 1. The van der Waals surface area contributed by atoms with Gasteiger partial charge in [0.05, 0.1) is 0 Å². The summed E-state index contributed by atoms with van der Waals surface area (Å²) in [6.07, 6.45) is 9.24. The van der Waals surface area contributed by atoms with E-state index < -0.39 is 0 Å². The molecule has 1 aromatic carbocycles. The minimum Gasteiger partial charge on any atom is -0.481 e. The van der Waals surface area contributed by atoms with Crippen LogP contribution < -0.4 is 10.1 Å². The van der Waals surface area contributed by atoms with Gasteiger partial charge >= 0.3 is 0 Å². The topological polar surface area (TPSA) is 41.6 Å². The van der Waals surface area contributed by atoms with Crippen LogP contribution in [0.15, 0.2) is 24.3 Å². The summed E-state index contributed by atoms with van der Waals surface area (Å²) < 4.78 is 5.53. The zero-order valence-corrected chi connectivity index (χ0v) is 14.2. The first-order valence-corrected chi connectivity index (χ1v) is 7.94. The number of hydrogen-bond acceptors (Lipinski definition) is 3. The lowest BCUT2D eigenvalue weighted by Crippen LogP contribution is -2.36. The Bertz CT molecular complexity index is 528. The van der Waals surface area contributed by atoms with Crippen molar-refractivity contribution < 1.29 is 9.53 Å². The predicted molar refractivity (Wildman–Crippen MR) is 94.8 cm³/mol. The molecule has 0 bridgehead atoms. The monoisotopic (exact) mass is 336 g/mol. The summed E-state index contributed by atoms with van der Waals surface area (Å²) in [5.41, 5.74) is 1.08. The number of ether oxygens (including phenoxy) is 1. The summed E-state index contributed by atoms with van der Waals surface area (Å²) in [4.78, 5) is 13.9. The number of carbonyl (C=O) groups is 1. The zero-order chi connectivity index (χ0) is 15.6. The summed E-state index contributed by atoms with van der Waals surface area (Å²) in [7, 11) is 0. The molecule has 0 aromatic heterocycles. The molecular formula is C18H25ClN2O2. The van der Waals surface area contributed by atoms with Crippen molar-refractivity contribution in [1.82, 2.24) is 10.2 Å². The van der Waals surface area contributed by atoms with Crippen molar-refractivity contribution in [3.63, 3.8) is 0 Å². The standard InChI is InChI=1S/C18H24N2O2.ClH/c1-2-14-22-17-9-6-5-8-16(17)15-19-11-13-20-12-7-3-4-10-18(20)21;/h1,5-6,8-9,19H,3-4,7,10-15H2;1H. The van der Waals surface area contributed by atoms with Crippen molar-refractivity contribution >= 4 is 18.3 Å². The highest BCUT2D eigenvalue weighted by molar-refractivity contribution is 5.85. The molecule has 23 heavy (non-hydrogen) atoms. The van der Waals surface area contributed by atoms with Gasteiger partial charge in [-0.05, 0) is 18.9 Å². The second-order valence-corrected chi connectivity index (χ2v) is 5.47. The van der Waals surface area contributed by atoms with Crippen molar-refractivity contribution in [2.75, 3.05) is 26.2 Å². The van der Waals surface area contributed by atoms with E-state index in [-0.39, 0.29) is 24.9 Å². The molecule has 1 fully saturated rings. The quantitative estimate of drug-likeness (QED) is 0.614. The SMILES string of the molecule is C#CCOc1ccccc1CNCCN1CCCCCC1=O.Cl. The van der Waals surface area contributed by atoms with Crippen LogP contribution in [0.3, 0.4) is 0 Å². The molecule has 4 nitrogen and oxygen atoms in total. The van der Waals surface area contributed by atoms with Crippen LogP contribution in [0.2, 0.25) is 0 Å². The Hall–Kier alpha value is -1.70. The molecule has 1 saturated heterocycles. The van der Waals surface area contributed by atoms with Crippen LogP contribution in [0, 0.1) is 12.3 Å². The maximum atomic E-state index is 11.9. The zero-order valence-electron chi connectivity index (χ0n) is 13.4. The number of rotatable bonds is 7. The molecule has 126 valence electrons. The molecule has 5 heteroatoms. The van der Waals surface area contributed by atoms with Gasteiger partial charge in [-0.25, -0.2) is 0 Å². The van der Waals surface area contributed by atoms with Crippen molar-refractivity contribution in [2.24, 2.45) is 0 Å². The summed E-state index contributed by atoms with van der Waals surface area (Å²) in [5, 5.41) is 3.38. The van der Waals surface area contributed by atoms with Gasteiger partial charge in [0.1, 0.15) is 12.4 Å². The van der Waals surface area contributed by atoms with E-state index in [0.29, 0.717) is 13.0 Å². The van der Waals surface area contributed by atoms with Crippen molar-refractivity contribution in [1.29, 1.82) is 0 Å². The fourth-order valence-corrected chi connectivity index (χ4v) is 2.62. The minimum absolute atomic E-state index is 0. The molecule has 1 aliphatic heterocycles. The molecular weight excluding hydrogens is 312 g/mol.